The number of carbonyl (C=O) groups is 1. The molecule has 2 rings (SSSR count). The number of halogens is 2. The van der Waals surface area contributed by atoms with Crippen molar-refractivity contribution < 1.29 is 23.0 Å². The molecule has 0 spiro atoms. The average molecular weight is 346 g/mol. The van der Waals surface area contributed by atoms with E-state index in [1.54, 1.807) is 18.2 Å². The maximum atomic E-state index is 14.1. The molecule has 3 nitrogen and oxygen atoms in total. The standard InChI is InChI=1S/C20H20F2O3/c1-3-5-13-24-17-12-11-16(18(21)19(17)22)20(23)25-15-9-7-14(6-4-2)8-10-15/h5,7-13H,3-4,6H2,1-2H3. The highest BCUT2D eigenvalue weighted by molar-refractivity contribution is 5.91. The van der Waals surface area contributed by atoms with Crippen LogP contribution in [0.2, 0.25) is 0 Å². The summed E-state index contributed by atoms with van der Waals surface area (Å²) in [6.07, 6.45) is 5.55. The molecular formula is C20H20F2O3. The van der Waals surface area contributed by atoms with Crippen LogP contribution in [0, 0.1) is 11.6 Å². The second kappa shape index (κ2) is 8.97. The number of hydrogen-bond acceptors (Lipinski definition) is 3. The lowest BCUT2D eigenvalue weighted by molar-refractivity contribution is 0.0728. The van der Waals surface area contributed by atoms with Crippen LogP contribution in [-0.4, -0.2) is 5.97 Å². The summed E-state index contributed by atoms with van der Waals surface area (Å²) < 4.78 is 38.2. The highest BCUT2D eigenvalue weighted by Gasteiger charge is 2.21. The van der Waals surface area contributed by atoms with Crippen LogP contribution in [0.5, 0.6) is 11.5 Å². The Morgan fingerprint density at radius 3 is 2.40 bits per heavy atom. The first-order chi connectivity index (χ1) is 12.1. The van der Waals surface area contributed by atoms with Crippen molar-refractivity contribution in [2.75, 3.05) is 0 Å². The van der Waals surface area contributed by atoms with Crippen molar-refractivity contribution in [2.24, 2.45) is 0 Å². The molecule has 0 aliphatic rings. The zero-order chi connectivity index (χ0) is 18.2. The van der Waals surface area contributed by atoms with Crippen LogP contribution in [0.15, 0.2) is 48.7 Å². The van der Waals surface area contributed by atoms with E-state index in [2.05, 4.69) is 6.92 Å². The number of aryl methyl sites for hydroxylation is 1. The topological polar surface area (TPSA) is 35.5 Å². The smallest absolute Gasteiger partial charge is 0.346 e. The Labute approximate surface area is 145 Å². The molecule has 0 unspecified atom stereocenters. The van der Waals surface area contributed by atoms with E-state index in [0.29, 0.717) is 6.42 Å². The molecule has 0 N–H and O–H groups in total. The van der Waals surface area contributed by atoms with Gasteiger partial charge in [0, 0.05) is 0 Å². The van der Waals surface area contributed by atoms with Crippen LogP contribution < -0.4 is 9.47 Å². The first-order valence-electron chi connectivity index (χ1n) is 8.17. The summed E-state index contributed by atoms with van der Waals surface area (Å²) in [5.74, 6) is -3.50. The first-order valence-corrected chi connectivity index (χ1v) is 8.17. The van der Waals surface area contributed by atoms with Gasteiger partial charge in [0.2, 0.25) is 5.82 Å². The van der Waals surface area contributed by atoms with E-state index in [1.807, 2.05) is 19.1 Å². The van der Waals surface area contributed by atoms with Crippen molar-refractivity contribution in [3.05, 3.63) is 71.5 Å². The average Bonchev–Trinajstić information content (AvgIpc) is 2.61. The molecule has 0 fully saturated rings. The third-order valence-electron chi connectivity index (χ3n) is 3.47. The van der Waals surface area contributed by atoms with Gasteiger partial charge < -0.3 is 9.47 Å². The largest absolute Gasteiger partial charge is 0.462 e. The SMILES string of the molecule is CCC=COc1ccc(C(=O)Oc2ccc(CCC)cc2)c(F)c1F. The lowest BCUT2D eigenvalue weighted by Gasteiger charge is -2.08. The third kappa shape index (κ3) is 4.89. The monoisotopic (exact) mass is 346 g/mol. The predicted molar refractivity (Wildman–Crippen MR) is 91.8 cm³/mol. The molecule has 0 aliphatic heterocycles. The van der Waals surface area contributed by atoms with Crippen LogP contribution in [0.1, 0.15) is 42.6 Å². The second-order valence-corrected chi connectivity index (χ2v) is 5.42. The predicted octanol–water partition coefficient (Wildman–Crippen LogP) is 5.44. The number of allylic oxidation sites excluding steroid dienone is 1. The van der Waals surface area contributed by atoms with Crippen molar-refractivity contribution in [2.45, 2.75) is 33.1 Å². The summed E-state index contributed by atoms with van der Waals surface area (Å²) in [4.78, 5) is 12.1. The van der Waals surface area contributed by atoms with Crippen molar-refractivity contribution in [3.8, 4) is 11.5 Å². The number of rotatable bonds is 7. The van der Waals surface area contributed by atoms with Gasteiger partial charge in [-0.05, 0) is 48.7 Å². The molecule has 25 heavy (non-hydrogen) atoms. The summed E-state index contributed by atoms with van der Waals surface area (Å²) in [7, 11) is 0. The molecule has 0 saturated heterocycles. The van der Waals surface area contributed by atoms with Crippen LogP contribution in [-0.2, 0) is 6.42 Å². The molecular weight excluding hydrogens is 326 g/mol. The zero-order valence-electron chi connectivity index (χ0n) is 14.2. The molecule has 0 bridgehead atoms. The Kier molecular flexibility index (Phi) is 6.69. The van der Waals surface area contributed by atoms with E-state index in [1.165, 1.54) is 12.3 Å². The lowest BCUT2D eigenvalue weighted by Crippen LogP contribution is -2.12. The minimum absolute atomic E-state index is 0.274. The molecule has 0 saturated carbocycles. The molecule has 0 heterocycles. The van der Waals surface area contributed by atoms with E-state index >= 15 is 0 Å². The summed E-state index contributed by atoms with van der Waals surface area (Å²) >= 11 is 0. The van der Waals surface area contributed by atoms with E-state index < -0.39 is 23.2 Å². The molecule has 132 valence electrons. The first kappa shape index (κ1) is 18.6. The Bertz CT molecular complexity index is 752. The minimum atomic E-state index is -1.30. The van der Waals surface area contributed by atoms with E-state index in [4.69, 9.17) is 9.47 Å². The maximum Gasteiger partial charge on any atom is 0.346 e. The fourth-order valence-electron chi connectivity index (χ4n) is 2.17. The van der Waals surface area contributed by atoms with Crippen LogP contribution >= 0.6 is 0 Å². The molecule has 0 amide bonds. The quantitative estimate of drug-likeness (QED) is 0.380. The van der Waals surface area contributed by atoms with Crippen LogP contribution in [0.4, 0.5) is 8.78 Å². The van der Waals surface area contributed by atoms with Crippen molar-refractivity contribution in [3.63, 3.8) is 0 Å². The fourth-order valence-corrected chi connectivity index (χ4v) is 2.17. The normalized spacial score (nSPS) is 10.9. The maximum absolute atomic E-state index is 14.1. The molecule has 0 radical (unpaired) electrons. The van der Waals surface area contributed by atoms with Crippen LogP contribution in [0.25, 0.3) is 0 Å². The van der Waals surface area contributed by atoms with Gasteiger partial charge in [0.25, 0.3) is 0 Å². The molecule has 5 heteroatoms. The van der Waals surface area contributed by atoms with Gasteiger partial charge in [-0.25, -0.2) is 9.18 Å². The molecule has 2 aromatic carbocycles. The minimum Gasteiger partial charge on any atom is -0.462 e. The van der Waals surface area contributed by atoms with Gasteiger partial charge in [0.15, 0.2) is 11.6 Å². The summed E-state index contributed by atoms with van der Waals surface area (Å²) in [5, 5.41) is 0. The number of benzene rings is 2. The Morgan fingerprint density at radius 1 is 1.04 bits per heavy atom. The third-order valence-corrected chi connectivity index (χ3v) is 3.47. The number of ether oxygens (including phenoxy) is 2. The van der Waals surface area contributed by atoms with Gasteiger partial charge in [-0.2, -0.15) is 4.39 Å². The molecule has 0 aromatic heterocycles. The van der Waals surface area contributed by atoms with Crippen molar-refractivity contribution in [1.29, 1.82) is 0 Å². The van der Waals surface area contributed by atoms with Crippen molar-refractivity contribution >= 4 is 5.97 Å². The van der Waals surface area contributed by atoms with Gasteiger partial charge in [-0.3, -0.25) is 0 Å². The lowest BCUT2D eigenvalue weighted by atomic mass is 10.1. The Hall–Kier alpha value is -2.69. The highest BCUT2D eigenvalue weighted by Crippen LogP contribution is 2.24. The molecule has 0 aliphatic carbocycles. The van der Waals surface area contributed by atoms with Gasteiger partial charge in [0.05, 0.1) is 11.8 Å². The van der Waals surface area contributed by atoms with Gasteiger partial charge in [-0.1, -0.05) is 32.4 Å². The van der Waals surface area contributed by atoms with Gasteiger partial charge in [-0.15, -0.1) is 0 Å². The van der Waals surface area contributed by atoms with Crippen molar-refractivity contribution in [1.82, 2.24) is 0 Å². The van der Waals surface area contributed by atoms with Gasteiger partial charge in [0.1, 0.15) is 5.75 Å². The van der Waals surface area contributed by atoms with Gasteiger partial charge >= 0.3 is 5.97 Å². The highest BCUT2D eigenvalue weighted by atomic mass is 19.2. The number of carbonyl (C=O) groups excluding carboxylic acids is 1. The second-order valence-electron chi connectivity index (χ2n) is 5.42. The summed E-state index contributed by atoms with van der Waals surface area (Å²) in [5.41, 5.74) is 0.628. The van der Waals surface area contributed by atoms with E-state index in [-0.39, 0.29) is 11.5 Å². The summed E-state index contributed by atoms with van der Waals surface area (Å²) in [6, 6.07) is 9.26. The zero-order valence-corrected chi connectivity index (χ0v) is 14.2. The fraction of sp³-hybridized carbons (Fsp3) is 0.250. The Morgan fingerprint density at radius 2 is 1.76 bits per heavy atom. The number of hydrogen-bond donors (Lipinski definition) is 0. The van der Waals surface area contributed by atoms with E-state index in [0.717, 1.165) is 24.5 Å². The van der Waals surface area contributed by atoms with E-state index in [9.17, 15) is 13.6 Å². The summed E-state index contributed by atoms with van der Waals surface area (Å²) in [6.45, 7) is 3.95. The number of esters is 1. The Balaban J connectivity index is 2.13. The van der Waals surface area contributed by atoms with Crippen LogP contribution in [0.3, 0.4) is 0 Å². The molecule has 0 atom stereocenters. The molecule has 2 aromatic rings.